The molecule has 4 rings (SSSR count). The number of aliphatic carboxylic acids is 3. The molecule has 1 aromatic rings. The van der Waals surface area contributed by atoms with Crippen LogP contribution in [0.2, 0.25) is 0 Å². The van der Waals surface area contributed by atoms with E-state index in [0.717, 1.165) is 6.92 Å². The molecule has 3 aliphatic heterocycles. The number of nitrogens with zero attached hydrogens (tertiary/aromatic N) is 1. The number of rotatable bonds is 8. The number of carboxylic acids is 3. The largest absolute Gasteiger partial charge is 0.504 e. The lowest BCUT2D eigenvalue weighted by Crippen LogP contribution is -2.60. The molecule has 3 heterocycles. The maximum absolute atomic E-state index is 12.1. The zero-order chi connectivity index (χ0) is 30.9. The minimum atomic E-state index is -1.77. The van der Waals surface area contributed by atoms with Crippen molar-refractivity contribution in [2.45, 2.75) is 62.6 Å². The molecule has 7 atom stereocenters. The number of carbonyl (C=O) groups is 4. The van der Waals surface area contributed by atoms with Crippen molar-refractivity contribution in [3.05, 3.63) is 41.1 Å². The Kier molecular flexibility index (Phi) is 8.81. The van der Waals surface area contributed by atoms with Crippen molar-refractivity contribution in [2.75, 3.05) is 6.61 Å². The third-order valence-electron chi connectivity index (χ3n) is 6.91. The zero-order valence-electron chi connectivity index (χ0n) is 22.0. The van der Waals surface area contributed by atoms with E-state index in [4.69, 9.17) is 14.2 Å². The molecule has 0 bridgehead atoms. The minimum absolute atomic E-state index is 0.0685. The number of hydrogen-bond acceptors (Lipinski definition) is 12. The van der Waals surface area contributed by atoms with E-state index in [0.29, 0.717) is 11.1 Å². The van der Waals surface area contributed by atoms with Gasteiger partial charge in [-0.15, -0.1) is 0 Å². The van der Waals surface area contributed by atoms with Crippen molar-refractivity contribution in [3.63, 3.8) is 0 Å². The summed E-state index contributed by atoms with van der Waals surface area (Å²) in [7, 11) is 0. The average Bonchev–Trinajstić information content (AvgIpc) is 3.28. The van der Waals surface area contributed by atoms with E-state index in [9.17, 15) is 54.9 Å². The van der Waals surface area contributed by atoms with Gasteiger partial charge in [0.1, 0.15) is 42.8 Å². The molecule has 3 aliphatic rings. The number of phenols is 1. The summed E-state index contributed by atoms with van der Waals surface area (Å²) in [5.74, 6) is -5.29. The quantitative estimate of drug-likeness (QED) is 0.122. The first kappa shape index (κ1) is 30.4. The fourth-order valence-corrected chi connectivity index (χ4v) is 4.76. The first-order valence-corrected chi connectivity index (χ1v) is 12.6. The lowest BCUT2D eigenvalue weighted by Gasteiger charge is -2.39. The summed E-state index contributed by atoms with van der Waals surface area (Å²) in [5.41, 5.74) is 0.600. The molecule has 226 valence electrons. The highest BCUT2D eigenvalue weighted by molar-refractivity contribution is 5.89. The molecule has 16 heteroatoms. The number of phenolic OH excluding ortho intramolecular Hbond substituents is 1. The zero-order valence-corrected chi connectivity index (χ0v) is 22.0. The molecule has 42 heavy (non-hydrogen) atoms. The number of hydrogen-bond donors (Lipinski definition) is 8. The average molecular weight is 594 g/mol. The first-order chi connectivity index (χ1) is 19.8. The van der Waals surface area contributed by atoms with E-state index in [1.54, 1.807) is 0 Å². The van der Waals surface area contributed by atoms with Gasteiger partial charge in [0.15, 0.2) is 17.7 Å². The highest BCUT2D eigenvalue weighted by Crippen LogP contribution is 2.40. The number of carbonyl (C=O) groups excluding carboxylic acids is 1. The maximum Gasteiger partial charge on any atom is 0.373 e. The third-order valence-corrected chi connectivity index (χ3v) is 6.91. The van der Waals surface area contributed by atoms with Gasteiger partial charge in [-0.25, -0.2) is 14.4 Å². The fourth-order valence-electron chi connectivity index (χ4n) is 4.76. The van der Waals surface area contributed by atoms with Crippen molar-refractivity contribution >= 4 is 35.8 Å². The van der Waals surface area contributed by atoms with Crippen LogP contribution in [0.25, 0.3) is 0 Å². The van der Waals surface area contributed by atoms with E-state index in [-0.39, 0.29) is 30.0 Å². The predicted octanol–water partition coefficient (Wildman–Crippen LogP) is -1.79. The second-order valence-electron chi connectivity index (χ2n) is 9.84. The molecule has 0 spiro atoms. The van der Waals surface area contributed by atoms with Crippen LogP contribution in [0.4, 0.5) is 5.69 Å². The van der Waals surface area contributed by atoms with Crippen molar-refractivity contribution in [3.8, 4) is 11.5 Å². The van der Waals surface area contributed by atoms with E-state index < -0.39 is 79.0 Å². The Morgan fingerprint density at radius 1 is 1.05 bits per heavy atom. The van der Waals surface area contributed by atoms with Crippen molar-refractivity contribution in [1.29, 1.82) is 0 Å². The Morgan fingerprint density at radius 3 is 2.38 bits per heavy atom. The summed E-state index contributed by atoms with van der Waals surface area (Å²) in [5, 5.41) is 72.3. The van der Waals surface area contributed by atoms with Crippen LogP contribution in [0.5, 0.6) is 11.5 Å². The molecule has 0 saturated carbocycles. The molecule has 1 saturated heterocycles. The van der Waals surface area contributed by atoms with Crippen LogP contribution in [0.3, 0.4) is 0 Å². The van der Waals surface area contributed by atoms with Gasteiger partial charge in [-0.1, -0.05) is 0 Å². The van der Waals surface area contributed by atoms with Crippen molar-refractivity contribution in [2.24, 2.45) is 0 Å². The van der Waals surface area contributed by atoms with Gasteiger partial charge >= 0.3 is 23.9 Å². The standard InChI is InChI=1S/C26H28N2O14/c1-10(29)40-9-19-20(31)21(32)22(33)26(42-19)41-18-7-12-6-16(25(38)39)28(15(12)8-17(18)30)3-2-11-4-13(23(34)35)27-14(5-11)24(36)37/h2-4,7-8,14,16,19-22,26,31-33H,5-6,9H2,1H3,(H4,30,34,35,36,37,38,39)/p+1/t14-,16-,19+,20+,21-,22+,26+/m0/s1. The smallest absolute Gasteiger partial charge is 0.373 e. The molecular weight excluding hydrogens is 564 g/mol. The van der Waals surface area contributed by atoms with Crippen LogP contribution < -0.4 is 10.1 Å². The van der Waals surface area contributed by atoms with Gasteiger partial charge in [0.25, 0.3) is 6.04 Å². The molecular formula is C26H29N2O14+. The van der Waals surface area contributed by atoms with Gasteiger partial charge in [-0.3, -0.25) is 4.79 Å². The number of aliphatic hydroxyl groups is 3. The number of nitrogens with one attached hydrogen (secondary N) is 1. The summed E-state index contributed by atoms with van der Waals surface area (Å²) in [6.07, 6.45) is -4.22. The molecule has 0 aromatic heterocycles. The van der Waals surface area contributed by atoms with E-state index in [1.165, 1.54) is 35.1 Å². The molecule has 0 aliphatic carbocycles. The highest BCUT2D eigenvalue weighted by atomic mass is 16.7. The molecule has 0 unspecified atom stereocenters. The number of ether oxygens (including phenoxy) is 3. The predicted molar refractivity (Wildman–Crippen MR) is 136 cm³/mol. The number of allylic oxidation sites excluding steroid dienone is 2. The number of esters is 1. The fraction of sp³-hybridized carbons (Fsp3) is 0.423. The number of fused-ring (bicyclic) bond motifs is 1. The molecule has 1 fully saturated rings. The Balaban J connectivity index is 1.63. The summed E-state index contributed by atoms with van der Waals surface area (Å²) in [4.78, 5) is 46.1. The lowest BCUT2D eigenvalue weighted by atomic mass is 9.99. The highest BCUT2D eigenvalue weighted by Gasteiger charge is 2.46. The topological polar surface area (TPSA) is 253 Å². The van der Waals surface area contributed by atoms with Gasteiger partial charge in [-0.05, 0) is 17.7 Å². The molecule has 1 aromatic carbocycles. The summed E-state index contributed by atoms with van der Waals surface area (Å²) < 4.78 is 17.2. The Hall–Kier alpha value is -4.51. The van der Waals surface area contributed by atoms with Crippen molar-refractivity contribution in [1.82, 2.24) is 5.32 Å². The van der Waals surface area contributed by atoms with Crippen LogP contribution in [0, 0.1) is 0 Å². The van der Waals surface area contributed by atoms with E-state index in [1.807, 2.05) is 0 Å². The van der Waals surface area contributed by atoms with E-state index >= 15 is 0 Å². The summed E-state index contributed by atoms with van der Waals surface area (Å²) in [6, 6.07) is 0.133. The lowest BCUT2D eigenvalue weighted by molar-refractivity contribution is -0.456. The SMILES string of the molecule is CC(=O)OC[C@H]1O[C@@H](Oc2cc3c(cc2O)[N+](=CC=C2C=C(C(=O)O)N[C@H](C(=O)O)C2)[C@H](C(=O)O)C3)[C@H](O)[C@@H](O)[C@@H]1O. The first-order valence-electron chi connectivity index (χ1n) is 12.6. The Labute approximate surface area is 237 Å². The number of benzene rings is 1. The molecule has 0 amide bonds. The van der Waals surface area contributed by atoms with Crippen LogP contribution >= 0.6 is 0 Å². The monoisotopic (exact) mass is 593 g/mol. The van der Waals surface area contributed by atoms with Crippen LogP contribution in [0.1, 0.15) is 18.9 Å². The van der Waals surface area contributed by atoms with E-state index in [2.05, 4.69) is 5.32 Å². The normalized spacial score (nSPS) is 30.7. The second kappa shape index (κ2) is 12.2. The van der Waals surface area contributed by atoms with Gasteiger partial charge in [0, 0.05) is 25.0 Å². The number of carboxylic acid groups (broad SMARTS) is 3. The maximum atomic E-state index is 12.1. The van der Waals surface area contributed by atoms with Gasteiger partial charge in [-0.2, -0.15) is 4.58 Å². The van der Waals surface area contributed by atoms with Gasteiger partial charge < -0.3 is 55.3 Å². The summed E-state index contributed by atoms with van der Waals surface area (Å²) in [6.45, 7) is 0.672. The third kappa shape index (κ3) is 6.36. The van der Waals surface area contributed by atoms with Gasteiger partial charge in [0.05, 0.1) is 12.5 Å². The summed E-state index contributed by atoms with van der Waals surface area (Å²) >= 11 is 0. The van der Waals surface area contributed by atoms with Gasteiger partial charge in [0.2, 0.25) is 12.0 Å². The van der Waals surface area contributed by atoms with Crippen LogP contribution in [-0.4, -0.2) is 120 Å². The Morgan fingerprint density at radius 2 is 1.76 bits per heavy atom. The number of aliphatic hydroxyl groups excluding tert-OH is 3. The second-order valence-corrected chi connectivity index (χ2v) is 9.84. The minimum Gasteiger partial charge on any atom is -0.504 e. The van der Waals surface area contributed by atoms with Crippen LogP contribution in [0.15, 0.2) is 35.6 Å². The molecule has 16 nitrogen and oxygen atoms in total. The Bertz CT molecular complexity index is 1380. The molecule has 0 radical (unpaired) electrons. The number of aromatic hydroxyl groups is 1. The van der Waals surface area contributed by atoms with Crippen molar-refractivity contribution < 1.29 is 73.7 Å². The molecule has 8 N–H and O–H groups in total. The van der Waals surface area contributed by atoms with Crippen LogP contribution in [-0.2, 0) is 35.1 Å².